The first kappa shape index (κ1) is 34.2. The van der Waals surface area contributed by atoms with Crippen molar-refractivity contribution in [2.45, 2.75) is 38.1 Å². The van der Waals surface area contributed by atoms with Crippen molar-refractivity contribution in [3.8, 4) is 22.5 Å². The number of aromatic nitrogens is 2. The SMILES string of the molecule is C[C@H](NC(=O)[C@H](O)c1ccccc1)C(=O)Nc1ccc(-c2cc(-c3ccc(NC(=O)[C@@H](C)NC(=O)[C@H](O)c4ccccc4)cc3)[nH]n2)cc1. The van der Waals surface area contributed by atoms with Crippen LogP contribution in [0.4, 0.5) is 11.4 Å². The number of benzene rings is 4. The van der Waals surface area contributed by atoms with E-state index in [0.29, 0.717) is 28.2 Å². The van der Waals surface area contributed by atoms with Crippen LogP contribution in [0.5, 0.6) is 0 Å². The Bertz CT molecular complexity index is 1760. The van der Waals surface area contributed by atoms with Crippen LogP contribution in [0.25, 0.3) is 22.5 Å². The van der Waals surface area contributed by atoms with Gasteiger partial charge in [0, 0.05) is 16.9 Å². The van der Waals surface area contributed by atoms with Gasteiger partial charge in [-0.1, -0.05) is 84.9 Å². The maximum absolute atomic E-state index is 12.7. The van der Waals surface area contributed by atoms with Crippen LogP contribution in [-0.2, 0) is 19.2 Å². The molecule has 5 aromatic rings. The number of H-pyrrole nitrogens is 1. The first-order valence-corrected chi connectivity index (χ1v) is 15.5. The Morgan fingerprint density at radius 2 is 0.980 bits per heavy atom. The van der Waals surface area contributed by atoms with Crippen LogP contribution in [0, 0.1) is 0 Å². The number of carbonyl (C=O) groups is 4. The number of hydrogen-bond donors (Lipinski definition) is 7. The quantitative estimate of drug-likeness (QED) is 0.105. The highest BCUT2D eigenvalue weighted by atomic mass is 16.3. The molecular weight excluding hydrogens is 624 g/mol. The van der Waals surface area contributed by atoms with Gasteiger partial charge in [-0.3, -0.25) is 24.3 Å². The predicted molar refractivity (Wildman–Crippen MR) is 185 cm³/mol. The molecule has 0 aliphatic carbocycles. The zero-order valence-electron chi connectivity index (χ0n) is 26.8. The lowest BCUT2D eigenvalue weighted by atomic mass is 10.1. The Kier molecular flexibility index (Phi) is 10.9. The monoisotopic (exact) mass is 660 g/mol. The summed E-state index contributed by atoms with van der Waals surface area (Å²) in [6, 6.07) is 31.1. The van der Waals surface area contributed by atoms with Crippen LogP contribution >= 0.6 is 0 Å². The highest BCUT2D eigenvalue weighted by Crippen LogP contribution is 2.26. The Hall–Kier alpha value is -6.11. The van der Waals surface area contributed by atoms with E-state index in [9.17, 15) is 29.4 Å². The average molecular weight is 661 g/mol. The molecule has 0 fully saturated rings. The molecule has 0 unspecified atom stereocenters. The maximum Gasteiger partial charge on any atom is 0.254 e. The van der Waals surface area contributed by atoms with Crippen LogP contribution in [0.15, 0.2) is 115 Å². The zero-order valence-corrected chi connectivity index (χ0v) is 26.8. The molecule has 12 heteroatoms. The number of aromatic amines is 1. The second-order valence-corrected chi connectivity index (χ2v) is 11.4. The van der Waals surface area contributed by atoms with Crippen molar-refractivity contribution in [1.29, 1.82) is 0 Å². The smallest absolute Gasteiger partial charge is 0.254 e. The van der Waals surface area contributed by atoms with Crippen LogP contribution in [0.1, 0.15) is 37.2 Å². The minimum atomic E-state index is -1.38. The van der Waals surface area contributed by atoms with E-state index in [1.54, 1.807) is 97.1 Å². The van der Waals surface area contributed by atoms with E-state index in [0.717, 1.165) is 16.8 Å². The number of aliphatic hydroxyl groups excluding tert-OH is 2. The van der Waals surface area contributed by atoms with Crippen molar-refractivity contribution in [2.24, 2.45) is 0 Å². The van der Waals surface area contributed by atoms with Gasteiger partial charge in [-0.25, -0.2) is 0 Å². The third-order valence-corrected chi connectivity index (χ3v) is 7.72. The largest absolute Gasteiger partial charge is 0.378 e. The lowest BCUT2D eigenvalue weighted by molar-refractivity contribution is -0.132. The molecule has 0 aliphatic heterocycles. The molecule has 0 saturated carbocycles. The summed E-state index contributed by atoms with van der Waals surface area (Å²) >= 11 is 0. The molecule has 4 amide bonds. The lowest BCUT2D eigenvalue weighted by Gasteiger charge is -2.17. The van der Waals surface area contributed by atoms with Gasteiger partial charge in [0.25, 0.3) is 11.8 Å². The molecule has 1 heterocycles. The Morgan fingerprint density at radius 1 is 0.571 bits per heavy atom. The number of carbonyl (C=O) groups excluding carboxylic acids is 4. The van der Waals surface area contributed by atoms with Gasteiger partial charge in [0.1, 0.15) is 12.1 Å². The summed E-state index contributed by atoms with van der Waals surface area (Å²) in [4.78, 5) is 50.2. The van der Waals surface area contributed by atoms with Gasteiger partial charge in [0.2, 0.25) is 11.8 Å². The van der Waals surface area contributed by atoms with Gasteiger partial charge >= 0.3 is 0 Å². The molecule has 12 nitrogen and oxygen atoms in total. The molecule has 250 valence electrons. The molecule has 4 aromatic carbocycles. The zero-order chi connectivity index (χ0) is 34.9. The van der Waals surface area contributed by atoms with Crippen molar-refractivity contribution < 1.29 is 29.4 Å². The molecule has 49 heavy (non-hydrogen) atoms. The van der Waals surface area contributed by atoms with Crippen molar-refractivity contribution in [1.82, 2.24) is 20.8 Å². The Balaban J connectivity index is 1.12. The van der Waals surface area contributed by atoms with Crippen LogP contribution < -0.4 is 21.3 Å². The number of amides is 4. The summed E-state index contributed by atoms with van der Waals surface area (Å²) in [6.07, 6.45) is -2.77. The van der Waals surface area contributed by atoms with Gasteiger partial charge in [0.15, 0.2) is 12.2 Å². The van der Waals surface area contributed by atoms with Crippen LogP contribution in [-0.4, -0.2) is 56.1 Å². The Morgan fingerprint density at radius 3 is 1.41 bits per heavy atom. The van der Waals surface area contributed by atoms with Crippen molar-refractivity contribution in [3.63, 3.8) is 0 Å². The highest BCUT2D eigenvalue weighted by molar-refractivity contribution is 5.98. The number of aliphatic hydroxyl groups is 2. The van der Waals surface area contributed by atoms with Crippen LogP contribution in [0.2, 0.25) is 0 Å². The topological polar surface area (TPSA) is 186 Å². The summed E-state index contributed by atoms with van der Waals surface area (Å²) in [6.45, 7) is 3.07. The van der Waals surface area contributed by atoms with E-state index >= 15 is 0 Å². The first-order chi connectivity index (χ1) is 23.6. The molecule has 5 rings (SSSR count). The minimum Gasteiger partial charge on any atom is -0.378 e. The van der Waals surface area contributed by atoms with Crippen LogP contribution in [0.3, 0.4) is 0 Å². The molecule has 0 spiro atoms. The number of nitrogens with zero attached hydrogens (tertiary/aromatic N) is 1. The highest BCUT2D eigenvalue weighted by Gasteiger charge is 2.23. The lowest BCUT2D eigenvalue weighted by Crippen LogP contribution is -2.43. The van der Waals surface area contributed by atoms with Gasteiger partial charge in [0.05, 0.1) is 11.4 Å². The predicted octanol–water partition coefficient (Wildman–Crippen LogP) is 4.10. The average Bonchev–Trinajstić information content (AvgIpc) is 3.62. The third kappa shape index (κ3) is 8.83. The number of anilines is 2. The third-order valence-electron chi connectivity index (χ3n) is 7.72. The molecular formula is C37H36N6O6. The van der Waals surface area contributed by atoms with E-state index < -0.39 is 47.9 Å². The summed E-state index contributed by atoms with van der Waals surface area (Å²) < 4.78 is 0. The van der Waals surface area contributed by atoms with Gasteiger partial charge in [-0.2, -0.15) is 5.10 Å². The summed E-state index contributed by atoms with van der Waals surface area (Å²) in [5, 5.41) is 38.5. The second kappa shape index (κ2) is 15.7. The van der Waals surface area contributed by atoms with Gasteiger partial charge in [-0.05, 0) is 60.9 Å². The summed E-state index contributed by atoms with van der Waals surface area (Å²) in [5.74, 6) is -2.22. The van der Waals surface area contributed by atoms with Crippen molar-refractivity contribution in [2.75, 3.05) is 10.6 Å². The standard InChI is InChI=1S/C37H36N6O6/c1-22(38-36(48)32(44)26-9-5-3-6-10-26)34(46)40-28-17-13-24(14-18-28)30-21-31(43-42-30)25-15-19-29(20-16-25)41-35(47)23(2)39-37(49)33(45)27-11-7-4-8-12-27/h3-23,32-33,44-45H,1-2H3,(H,38,48)(H,39,49)(H,40,46)(H,41,47)(H,42,43)/t22-,23+,32-,33-/m1/s1. The van der Waals surface area contributed by atoms with E-state index in [-0.39, 0.29) is 0 Å². The van der Waals surface area contributed by atoms with E-state index in [1.807, 2.05) is 18.2 Å². The minimum absolute atomic E-state index is 0.432. The molecule has 4 atom stereocenters. The van der Waals surface area contributed by atoms with E-state index in [2.05, 4.69) is 31.5 Å². The Labute approximate surface area is 282 Å². The van der Waals surface area contributed by atoms with Crippen molar-refractivity contribution in [3.05, 3.63) is 126 Å². The molecule has 0 radical (unpaired) electrons. The molecule has 0 aliphatic rings. The molecule has 0 bridgehead atoms. The molecule has 1 aromatic heterocycles. The fraction of sp³-hybridized carbons (Fsp3) is 0.162. The van der Waals surface area contributed by atoms with Gasteiger partial charge < -0.3 is 31.5 Å². The maximum atomic E-state index is 12.7. The summed E-state index contributed by atoms with van der Waals surface area (Å²) in [5.41, 5.74) is 4.94. The van der Waals surface area contributed by atoms with Crippen molar-refractivity contribution >= 4 is 35.0 Å². The molecule has 0 saturated heterocycles. The first-order valence-electron chi connectivity index (χ1n) is 15.5. The van der Waals surface area contributed by atoms with E-state index in [4.69, 9.17) is 0 Å². The molecule has 7 N–H and O–H groups in total. The fourth-order valence-corrected chi connectivity index (χ4v) is 4.87. The van der Waals surface area contributed by atoms with E-state index in [1.165, 1.54) is 13.8 Å². The summed E-state index contributed by atoms with van der Waals surface area (Å²) in [7, 11) is 0. The second-order valence-electron chi connectivity index (χ2n) is 11.4. The normalized spacial score (nSPS) is 13.3. The van der Waals surface area contributed by atoms with Gasteiger partial charge in [-0.15, -0.1) is 0 Å². The number of rotatable bonds is 12. The number of nitrogens with one attached hydrogen (secondary N) is 5. The fourth-order valence-electron chi connectivity index (χ4n) is 4.87. The number of hydrogen-bond acceptors (Lipinski definition) is 7.